The van der Waals surface area contributed by atoms with Gasteiger partial charge in [0.15, 0.2) is 11.4 Å². The molecule has 0 unspecified atom stereocenters. The van der Waals surface area contributed by atoms with Gasteiger partial charge in [0.25, 0.3) is 5.91 Å². The molecule has 0 atom stereocenters. The summed E-state index contributed by atoms with van der Waals surface area (Å²) in [5, 5.41) is 27.4. The summed E-state index contributed by atoms with van der Waals surface area (Å²) in [7, 11) is 1.45. The van der Waals surface area contributed by atoms with Crippen molar-refractivity contribution in [2.75, 3.05) is 0 Å². The standard InChI is InChI=1S/C21H17F3N4O4/c1-11(25-26-19(30)12-6-8-13(9-7-12)20(31)32)16-18(29)17(28(2)27-16)14-4-3-5-15(10-14)21(22,23)24/h3-10,29H,1-2H3,(H,26,30)(H,31,32). The van der Waals surface area contributed by atoms with Crippen LogP contribution in [0.5, 0.6) is 5.75 Å². The molecule has 11 heteroatoms. The molecule has 0 bridgehead atoms. The van der Waals surface area contributed by atoms with Gasteiger partial charge in [0.2, 0.25) is 0 Å². The van der Waals surface area contributed by atoms with Crippen LogP contribution in [0.25, 0.3) is 11.3 Å². The van der Waals surface area contributed by atoms with Crippen molar-refractivity contribution in [2.45, 2.75) is 13.1 Å². The number of aryl methyl sites for hydroxylation is 1. The summed E-state index contributed by atoms with van der Waals surface area (Å²) >= 11 is 0. The average Bonchev–Trinajstić information content (AvgIpc) is 3.05. The number of hydrogen-bond donors (Lipinski definition) is 3. The maximum atomic E-state index is 13.0. The molecule has 2 aromatic carbocycles. The van der Waals surface area contributed by atoms with Gasteiger partial charge in [-0.15, -0.1) is 0 Å². The summed E-state index contributed by atoms with van der Waals surface area (Å²) in [6, 6.07) is 9.60. The van der Waals surface area contributed by atoms with Gasteiger partial charge in [-0.3, -0.25) is 9.48 Å². The topological polar surface area (TPSA) is 117 Å². The fourth-order valence-electron chi connectivity index (χ4n) is 2.94. The van der Waals surface area contributed by atoms with E-state index in [2.05, 4.69) is 15.6 Å². The van der Waals surface area contributed by atoms with Crippen LogP contribution in [-0.4, -0.2) is 37.6 Å². The molecule has 0 aliphatic heterocycles. The number of hydrogen-bond acceptors (Lipinski definition) is 5. The Morgan fingerprint density at radius 2 is 1.72 bits per heavy atom. The van der Waals surface area contributed by atoms with E-state index in [-0.39, 0.29) is 33.8 Å². The van der Waals surface area contributed by atoms with E-state index >= 15 is 0 Å². The lowest BCUT2D eigenvalue weighted by atomic mass is 10.1. The van der Waals surface area contributed by atoms with Crippen LogP contribution < -0.4 is 5.43 Å². The maximum absolute atomic E-state index is 13.0. The number of aromatic carboxylic acids is 1. The average molecular weight is 446 g/mol. The number of rotatable bonds is 5. The second-order valence-corrected chi connectivity index (χ2v) is 6.77. The molecular formula is C21H17F3N4O4. The van der Waals surface area contributed by atoms with Crippen LogP contribution in [0.4, 0.5) is 13.2 Å². The first-order valence-corrected chi connectivity index (χ1v) is 9.11. The van der Waals surface area contributed by atoms with Crippen molar-refractivity contribution >= 4 is 17.6 Å². The molecule has 8 nitrogen and oxygen atoms in total. The van der Waals surface area contributed by atoms with E-state index < -0.39 is 29.4 Å². The molecular weight excluding hydrogens is 429 g/mol. The van der Waals surface area contributed by atoms with E-state index in [0.29, 0.717) is 0 Å². The van der Waals surface area contributed by atoms with Crippen LogP contribution in [0.1, 0.15) is 38.9 Å². The van der Waals surface area contributed by atoms with Crippen LogP contribution in [0.15, 0.2) is 53.6 Å². The first-order chi connectivity index (χ1) is 15.0. The van der Waals surface area contributed by atoms with E-state index in [1.165, 1.54) is 55.1 Å². The van der Waals surface area contributed by atoms with E-state index in [4.69, 9.17) is 5.11 Å². The van der Waals surface area contributed by atoms with Crippen LogP contribution in [0.2, 0.25) is 0 Å². The molecule has 0 aliphatic carbocycles. The lowest BCUT2D eigenvalue weighted by molar-refractivity contribution is -0.137. The van der Waals surface area contributed by atoms with Crippen molar-refractivity contribution in [1.29, 1.82) is 0 Å². The van der Waals surface area contributed by atoms with E-state index in [1.54, 1.807) is 0 Å². The highest BCUT2D eigenvalue weighted by Crippen LogP contribution is 2.36. The molecule has 3 aromatic rings. The Balaban J connectivity index is 1.85. The number of carbonyl (C=O) groups excluding carboxylic acids is 1. The summed E-state index contributed by atoms with van der Waals surface area (Å²) in [6.07, 6.45) is -4.54. The molecule has 1 amide bonds. The number of carboxylic acids is 1. The third-order valence-electron chi connectivity index (χ3n) is 4.55. The summed E-state index contributed by atoms with van der Waals surface area (Å²) in [5.41, 5.74) is 1.80. The lowest BCUT2D eigenvalue weighted by Crippen LogP contribution is -2.19. The molecule has 1 heterocycles. The largest absolute Gasteiger partial charge is 0.504 e. The minimum absolute atomic E-state index is 0.0155. The monoisotopic (exact) mass is 446 g/mol. The van der Waals surface area contributed by atoms with Gasteiger partial charge in [-0.1, -0.05) is 12.1 Å². The highest BCUT2D eigenvalue weighted by Gasteiger charge is 2.31. The first kappa shape index (κ1) is 22.5. The number of nitrogens with zero attached hydrogens (tertiary/aromatic N) is 3. The maximum Gasteiger partial charge on any atom is 0.416 e. The van der Waals surface area contributed by atoms with Gasteiger partial charge in [-0.2, -0.15) is 23.4 Å². The lowest BCUT2D eigenvalue weighted by Gasteiger charge is -2.09. The number of aromatic hydroxyl groups is 1. The van der Waals surface area contributed by atoms with Crippen molar-refractivity contribution in [3.8, 4) is 17.0 Å². The van der Waals surface area contributed by atoms with Crippen molar-refractivity contribution in [1.82, 2.24) is 15.2 Å². The third-order valence-corrected chi connectivity index (χ3v) is 4.55. The number of hydrazone groups is 1. The number of alkyl halides is 3. The molecule has 0 aliphatic rings. The zero-order valence-corrected chi connectivity index (χ0v) is 16.8. The van der Waals surface area contributed by atoms with Crippen LogP contribution >= 0.6 is 0 Å². The number of amides is 1. The molecule has 0 fully saturated rings. The van der Waals surface area contributed by atoms with Crippen molar-refractivity contribution in [3.05, 3.63) is 70.9 Å². The molecule has 3 rings (SSSR count). The summed E-state index contributed by atoms with van der Waals surface area (Å²) < 4.78 is 40.3. The highest BCUT2D eigenvalue weighted by atomic mass is 19.4. The Morgan fingerprint density at radius 3 is 2.31 bits per heavy atom. The zero-order chi connectivity index (χ0) is 23.6. The second kappa shape index (κ2) is 8.53. The quantitative estimate of drug-likeness (QED) is 0.409. The molecule has 1 aromatic heterocycles. The third kappa shape index (κ3) is 4.61. The minimum Gasteiger partial charge on any atom is -0.504 e. The Kier molecular flexibility index (Phi) is 6.01. The zero-order valence-electron chi connectivity index (χ0n) is 16.8. The van der Waals surface area contributed by atoms with E-state index in [0.717, 1.165) is 12.1 Å². The Bertz CT molecular complexity index is 1210. The second-order valence-electron chi connectivity index (χ2n) is 6.77. The minimum atomic E-state index is -4.54. The molecule has 32 heavy (non-hydrogen) atoms. The summed E-state index contributed by atoms with van der Waals surface area (Å²) in [6.45, 7) is 1.45. The molecule has 0 saturated heterocycles. The Labute approximate surface area is 179 Å². The van der Waals surface area contributed by atoms with Crippen molar-refractivity contribution in [2.24, 2.45) is 12.1 Å². The molecule has 0 radical (unpaired) electrons. The van der Waals surface area contributed by atoms with Gasteiger partial charge in [0.05, 0.1) is 16.8 Å². The fraction of sp³-hybridized carbons (Fsp3) is 0.143. The summed E-state index contributed by atoms with van der Waals surface area (Å²) in [4.78, 5) is 23.1. The molecule has 3 N–H and O–H groups in total. The van der Waals surface area contributed by atoms with Gasteiger partial charge < -0.3 is 10.2 Å². The Hall–Kier alpha value is -4.15. The molecule has 0 spiro atoms. The van der Waals surface area contributed by atoms with E-state index in [1.807, 2.05) is 0 Å². The number of aromatic nitrogens is 2. The molecule has 0 saturated carbocycles. The number of halogens is 3. The highest BCUT2D eigenvalue weighted by molar-refractivity contribution is 6.02. The first-order valence-electron chi connectivity index (χ1n) is 9.11. The van der Waals surface area contributed by atoms with Gasteiger partial charge in [-0.05, 0) is 43.3 Å². The van der Waals surface area contributed by atoms with Gasteiger partial charge >= 0.3 is 12.1 Å². The van der Waals surface area contributed by atoms with Gasteiger partial charge in [0.1, 0.15) is 5.69 Å². The smallest absolute Gasteiger partial charge is 0.416 e. The SMILES string of the molecule is CC(=NNC(=O)c1ccc(C(=O)O)cc1)c1nn(C)c(-c2cccc(C(F)(F)F)c2)c1O. The Morgan fingerprint density at radius 1 is 1.09 bits per heavy atom. The predicted molar refractivity (Wildman–Crippen MR) is 108 cm³/mol. The number of nitrogens with one attached hydrogen (secondary N) is 1. The van der Waals surface area contributed by atoms with Crippen molar-refractivity contribution < 1.29 is 33.0 Å². The number of benzene rings is 2. The predicted octanol–water partition coefficient (Wildman–Crippen LogP) is 3.66. The number of carboxylic acid groups (broad SMARTS) is 1. The van der Waals surface area contributed by atoms with Crippen LogP contribution in [-0.2, 0) is 13.2 Å². The summed E-state index contributed by atoms with van der Waals surface area (Å²) in [5.74, 6) is -2.16. The van der Waals surface area contributed by atoms with Crippen molar-refractivity contribution in [3.63, 3.8) is 0 Å². The van der Waals surface area contributed by atoms with Gasteiger partial charge in [-0.25, -0.2) is 10.2 Å². The van der Waals surface area contributed by atoms with E-state index in [9.17, 15) is 27.9 Å². The number of carbonyl (C=O) groups is 2. The van der Waals surface area contributed by atoms with Crippen LogP contribution in [0, 0.1) is 0 Å². The molecule has 166 valence electrons. The normalized spacial score (nSPS) is 12.0. The van der Waals surface area contributed by atoms with Crippen LogP contribution in [0.3, 0.4) is 0 Å². The fourth-order valence-corrected chi connectivity index (χ4v) is 2.94. The van der Waals surface area contributed by atoms with Gasteiger partial charge in [0, 0.05) is 18.2 Å².